The lowest BCUT2D eigenvalue weighted by atomic mass is 10.1. The van der Waals surface area contributed by atoms with Crippen LogP contribution >= 0.6 is 22.9 Å². The summed E-state index contributed by atoms with van der Waals surface area (Å²) in [5.74, 6) is 0.260. The quantitative estimate of drug-likeness (QED) is 0.716. The van der Waals surface area contributed by atoms with Crippen LogP contribution in [0.4, 0.5) is 5.95 Å². The molecule has 1 aliphatic heterocycles. The molecule has 2 aromatic heterocycles. The largest absolute Gasteiger partial charge is 0.387 e. The summed E-state index contributed by atoms with van der Waals surface area (Å²) >= 11 is 7.62. The molecule has 130 valence electrons. The third kappa shape index (κ3) is 3.61. The average Bonchev–Trinajstić information content (AvgIpc) is 3.08. The van der Waals surface area contributed by atoms with Gasteiger partial charge in [0, 0.05) is 29.8 Å². The highest BCUT2D eigenvalue weighted by molar-refractivity contribution is 7.16. The Hall–Kier alpha value is -2.70. The Morgan fingerprint density at radius 3 is 2.73 bits per heavy atom. The number of hydrogen-bond acceptors (Lipinski definition) is 6. The summed E-state index contributed by atoms with van der Waals surface area (Å²) in [6.45, 7) is 0.799. The SMILES string of the molecule is Nc1nccc(-c2sc(C3=CCNC=C3)nc2Cc2ccc(Cl)cc2)n1. The van der Waals surface area contributed by atoms with Crippen molar-refractivity contribution < 1.29 is 0 Å². The molecule has 0 fully saturated rings. The molecule has 0 unspecified atom stereocenters. The highest BCUT2D eigenvalue weighted by Crippen LogP contribution is 2.34. The Bertz CT molecular complexity index is 991. The van der Waals surface area contributed by atoms with Crippen molar-refractivity contribution >= 4 is 34.5 Å². The van der Waals surface area contributed by atoms with Crippen LogP contribution in [0.25, 0.3) is 16.1 Å². The van der Waals surface area contributed by atoms with Crippen molar-refractivity contribution in [1.82, 2.24) is 20.3 Å². The molecule has 26 heavy (non-hydrogen) atoms. The summed E-state index contributed by atoms with van der Waals surface area (Å²) < 4.78 is 0. The number of anilines is 1. The van der Waals surface area contributed by atoms with E-state index in [4.69, 9.17) is 22.3 Å². The van der Waals surface area contributed by atoms with Crippen molar-refractivity contribution in [2.75, 3.05) is 12.3 Å². The summed E-state index contributed by atoms with van der Waals surface area (Å²) in [4.78, 5) is 14.3. The van der Waals surface area contributed by atoms with Gasteiger partial charge in [0.25, 0.3) is 0 Å². The first-order valence-corrected chi connectivity index (χ1v) is 9.32. The van der Waals surface area contributed by atoms with Crippen molar-refractivity contribution in [3.63, 3.8) is 0 Å². The third-order valence-corrected chi connectivity index (χ3v) is 5.38. The number of nitrogens with zero attached hydrogens (tertiary/aromatic N) is 3. The van der Waals surface area contributed by atoms with Gasteiger partial charge in [-0.05, 0) is 36.0 Å². The molecule has 5 nitrogen and oxygen atoms in total. The van der Waals surface area contributed by atoms with Gasteiger partial charge in [0.2, 0.25) is 5.95 Å². The minimum atomic E-state index is 0.260. The topological polar surface area (TPSA) is 76.7 Å². The molecule has 3 N–H and O–H groups in total. The number of thiazole rings is 1. The van der Waals surface area contributed by atoms with E-state index in [0.717, 1.165) is 44.0 Å². The normalized spacial score (nSPS) is 13.3. The van der Waals surface area contributed by atoms with Crippen LogP contribution in [0.1, 0.15) is 16.3 Å². The molecule has 3 aromatic rings. The van der Waals surface area contributed by atoms with Crippen LogP contribution in [-0.2, 0) is 6.42 Å². The van der Waals surface area contributed by atoms with Gasteiger partial charge < -0.3 is 11.1 Å². The number of hydrogen-bond donors (Lipinski definition) is 2. The van der Waals surface area contributed by atoms with E-state index < -0.39 is 0 Å². The van der Waals surface area contributed by atoms with Gasteiger partial charge in [-0.25, -0.2) is 15.0 Å². The molecule has 0 saturated heterocycles. The number of nitrogen functional groups attached to an aromatic ring is 1. The molecule has 0 aliphatic carbocycles. The maximum Gasteiger partial charge on any atom is 0.220 e. The van der Waals surface area contributed by atoms with Crippen LogP contribution in [0, 0.1) is 0 Å². The van der Waals surface area contributed by atoms with Crippen molar-refractivity contribution in [2.24, 2.45) is 0 Å². The van der Waals surface area contributed by atoms with E-state index in [0.29, 0.717) is 6.42 Å². The van der Waals surface area contributed by atoms with Crippen LogP contribution in [0.5, 0.6) is 0 Å². The van der Waals surface area contributed by atoms with Gasteiger partial charge in [-0.1, -0.05) is 29.8 Å². The van der Waals surface area contributed by atoms with Crippen LogP contribution < -0.4 is 11.1 Å². The highest BCUT2D eigenvalue weighted by atomic mass is 35.5. The van der Waals surface area contributed by atoms with E-state index in [1.54, 1.807) is 17.5 Å². The molecule has 7 heteroatoms. The Morgan fingerprint density at radius 2 is 2.00 bits per heavy atom. The van der Waals surface area contributed by atoms with Gasteiger partial charge in [0.05, 0.1) is 16.3 Å². The molecule has 0 bridgehead atoms. The first kappa shape index (κ1) is 16.8. The maximum absolute atomic E-state index is 6.00. The van der Waals surface area contributed by atoms with E-state index in [-0.39, 0.29) is 5.95 Å². The molecular weight excluding hydrogens is 366 g/mol. The van der Waals surface area contributed by atoms with E-state index in [2.05, 4.69) is 21.4 Å². The first-order chi connectivity index (χ1) is 12.7. The monoisotopic (exact) mass is 381 g/mol. The van der Waals surface area contributed by atoms with Gasteiger partial charge >= 0.3 is 0 Å². The van der Waals surface area contributed by atoms with Crippen molar-refractivity contribution in [3.8, 4) is 10.6 Å². The van der Waals surface area contributed by atoms with Gasteiger partial charge in [0.15, 0.2) is 0 Å². The van der Waals surface area contributed by atoms with E-state index >= 15 is 0 Å². The molecule has 0 saturated carbocycles. The lowest BCUT2D eigenvalue weighted by molar-refractivity contribution is 0.974. The van der Waals surface area contributed by atoms with Gasteiger partial charge in [-0.3, -0.25) is 0 Å². The molecule has 0 atom stereocenters. The molecular formula is C19H16ClN5S. The minimum Gasteiger partial charge on any atom is -0.387 e. The fourth-order valence-electron chi connectivity index (χ4n) is 2.70. The van der Waals surface area contributed by atoms with Gasteiger partial charge in [0.1, 0.15) is 5.01 Å². The standard InChI is InChI=1S/C19H16ClN5S/c20-14-3-1-12(2-4-14)11-16-17(15-7-10-23-19(21)25-15)26-18(24-16)13-5-8-22-9-6-13/h1-8,10,22H,9,11H2,(H2,21,23,25). The molecule has 4 rings (SSSR count). The Kier molecular flexibility index (Phi) is 4.69. The second-order valence-electron chi connectivity index (χ2n) is 5.80. The third-order valence-electron chi connectivity index (χ3n) is 3.96. The number of rotatable bonds is 4. The summed E-state index contributed by atoms with van der Waals surface area (Å²) in [7, 11) is 0. The maximum atomic E-state index is 6.00. The molecule has 0 radical (unpaired) electrons. The Balaban J connectivity index is 1.77. The van der Waals surface area contributed by atoms with Crippen molar-refractivity contribution in [1.29, 1.82) is 0 Å². The molecule has 0 spiro atoms. The lowest BCUT2D eigenvalue weighted by Gasteiger charge is -2.04. The zero-order valence-electron chi connectivity index (χ0n) is 13.8. The number of nitrogens with one attached hydrogen (secondary N) is 1. The number of dihydropyridines is 1. The van der Waals surface area contributed by atoms with Gasteiger partial charge in [-0.2, -0.15) is 0 Å². The van der Waals surface area contributed by atoms with E-state index in [9.17, 15) is 0 Å². The van der Waals surface area contributed by atoms with E-state index in [1.165, 1.54) is 0 Å². The van der Waals surface area contributed by atoms with Crippen molar-refractivity contribution in [3.05, 3.63) is 76.2 Å². The van der Waals surface area contributed by atoms with Crippen molar-refractivity contribution in [2.45, 2.75) is 6.42 Å². The first-order valence-electron chi connectivity index (χ1n) is 8.12. The van der Waals surface area contributed by atoms with Crippen LogP contribution in [0.2, 0.25) is 5.02 Å². The summed E-state index contributed by atoms with van der Waals surface area (Å²) in [6, 6.07) is 9.69. The highest BCUT2D eigenvalue weighted by Gasteiger charge is 2.17. The average molecular weight is 382 g/mol. The smallest absolute Gasteiger partial charge is 0.220 e. The van der Waals surface area contributed by atoms with Crippen LogP contribution in [0.15, 0.2) is 54.9 Å². The molecule has 0 amide bonds. The second-order valence-corrected chi connectivity index (χ2v) is 7.23. The Morgan fingerprint density at radius 1 is 1.15 bits per heavy atom. The number of aromatic nitrogens is 3. The zero-order chi connectivity index (χ0) is 17.9. The van der Waals surface area contributed by atoms with Crippen LogP contribution in [-0.4, -0.2) is 21.5 Å². The van der Waals surface area contributed by atoms with E-state index in [1.807, 2.05) is 42.6 Å². The van der Waals surface area contributed by atoms with Gasteiger partial charge in [-0.15, -0.1) is 11.3 Å². The summed E-state index contributed by atoms with van der Waals surface area (Å²) in [5, 5.41) is 4.86. The fourth-order valence-corrected chi connectivity index (χ4v) is 3.90. The second kappa shape index (κ2) is 7.27. The molecule has 1 aromatic carbocycles. The predicted octanol–water partition coefficient (Wildman–Crippen LogP) is 3.93. The minimum absolute atomic E-state index is 0.260. The summed E-state index contributed by atoms with van der Waals surface area (Å²) in [5.41, 5.74) is 9.80. The number of allylic oxidation sites excluding steroid dienone is 2. The number of halogens is 1. The lowest BCUT2D eigenvalue weighted by Crippen LogP contribution is -2.08. The Labute approximate surface area is 160 Å². The fraction of sp³-hybridized carbons (Fsp3) is 0.105. The zero-order valence-corrected chi connectivity index (χ0v) is 15.4. The number of nitrogens with two attached hydrogens (primary N) is 1. The van der Waals surface area contributed by atoms with Crippen LogP contribution in [0.3, 0.4) is 0 Å². The molecule has 3 heterocycles. The predicted molar refractivity (Wildman–Crippen MR) is 107 cm³/mol. The summed E-state index contributed by atoms with van der Waals surface area (Å²) in [6.07, 6.45) is 8.47. The number of benzene rings is 1. The molecule has 1 aliphatic rings.